The monoisotopic (exact) mass is 901 g/mol. The van der Waals surface area contributed by atoms with Crippen molar-refractivity contribution in [2.75, 3.05) is 31.8 Å². The summed E-state index contributed by atoms with van der Waals surface area (Å²) in [6.07, 6.45) is 8.21. The average Bonchev–Trinajstić information content (AvgIpc) is 3.16. The van der Waals surface area contributed by atoms with Gasteiger partial charge in [-0.15, -0.1) is 0 Å². The van der Waals surface area contributed by atoms with Gasteiger partial charge in [0.2, 0.25) is 0 Å². The first-order valence-corrected chi connectivity index (χ1v) is 24.5. The molecule has 0 N–H and O–H groups in total. The van der Waals surface area contributed by atoms with Crippen LogP contribution in [0.5, 0.6) is 17.2 Å². The molecule has 0 saturated carbocycles. The third kappa shape index (κ3) is 15.0. The number of benzene rings is 3. The fourth-order valence-corrected chi connectivity index (χ4v) is 7.47. The van der Waals surface area contributed by atoms with E-state index in [1.54, 1.807) is 0 Å². The van der Waals surface area contributed by atoms with Gasteiger partial charge in [-0.1, -0.05) is 175 Å². The Morgan fingerprint density at radius 3 is 1.23 bits per heavy atom. The largest absolute Gasteiger partial charge is 0.498 e. The van der Waals surface area contributed by atoms with Crippen LogP contribution in [0.25, 0.3) is 0 Å². The van der Waals surface area contributed by atoms with Crippen molar-refractivity contribution in [3.63, 3.8) is 0 Å². The summed E-state index contributed by atoms with van der Waals surface area (Å²) in [6.45, 7) is 43.4. The number of allylic oxidation sites excluding steroid dienone is 4. The summed E-state index contributed by atoms with van der Waals surface area (Å²) in [6, 6.07) is 14.4. The molecule has 0 spiro atoms. The Morgan fingerprint density at radius 2 is 0.869 bits per heavy atom. The molecule has 0 aliphatic rings. The molecule has 0 saturated heterocycles. The standard InChI is InChI=1S/C56H85BrO4/c1-19-24-58-39(6)41(28-38(5)53(7,8)9)29-42-33-48(55(13,14)15)37-46(52(42)61-27-23-57)31-45-36-49(56(16,17)18)35-44(51(45)60-26-21-3)30-43-34-47(54(10,11)12)32-40(22-4)50(43)59-25-20-2/h28,32-37H,19-27,29-31H2,1-18H3/b38-28+,41-39-. The number of ether oxygens (including phenoxy) is 4. The van der Waals surface area contributed by atoms with Gasteiger partial charge in [-0.05, 0) is 117 Å². The van der Waals surface area contributed by atoms with E-state index < -0.39 is 0 Å². The zero-order valence-electron chi connectivity index (χ0n) is 42.0. The van der Waals surface area contributed by atoms with Gasteiger partial charge in [-0.3, -0.25) is 0 Å². The van der Waals surface area contributed by atoms with Crippen molar-refractivity contribution in [3.05, 3.63) is 109 Å². The van der Waals surface area contributed by atoms with Crippen molar-refractivity contribution in [2.45, 2.75) is 186 Å². The van der Waals surface area contributed by atoms with Crippen LogP contribution in [0.15, 0.2) is 59.4 Å². The third-order valence-corrected chi connectivity index (χ3v) is 11.9. The molecule has 3 rings (SSSR count). The maximum atomic E-state index is 6.94. The zero-order valence-corrected chi connectivity index (χ0v) is 43.6. The van der Waals surface area contributed by atoms with Crippen LogP contribution >= 0.6 is 15.9 Å². The lowest BCUT2D eigenvalue weighted by atomic mass is 9.80. The van der Waals surface area contributed by atoms with Crippen LogP contribution in [0.1, 0.15) is 194 Å². The Morgan fingerprint density at radius 1 is 0.508 bits per heavy atom. The number of hydrogen-bond acceptors (Lipinski definition) is 4. The molecule has 0 fully saturated rings. The molecule has 0 aromatic heterocycles. The van der Waals surface area contributed by atoms with Crippen molar-refractivity contribution in [2.24, 2.45) is 5.41 Å². The second-order valence-corrected chi connectivity index (χ2v) is 22.0. The lowest BCUT2D eigenvalue weighted by Gasteiger charge is -2.28. The minimum atomic E-state index is -0.0871. The highest BCUT2D eigenvalue weighted by atomic mass is 79.9. The molecule has 0 radical (unpaired) electrons. The van der Waals surface area contributed by atoms with Crippen LogP contribution in [-0.4, -0.2) is 31.8 Å². The quantitative estimate of drug-likeness (QED) is 0.0643. The van der Waals surface area contributed by atoms with Gasteiger partial charge in [-0.25, -0.2) is 0 Å². The minimum Gasteiger partial charge on any atom is -0.498 e. The normalized spacial score (nSPS) is 13.3. The van der Waals surface area contributed by atoms with Crippen LogP contribution in [0.3, 0.4) is 0 Å². The Bertz CT molecular complexity index is 1950. The summed E-state index contributed by atoms with van der Waals surface area (Å²) < 4.78 is 26.8. The molecular formula is C56H85BrO4. The molecule has 0 unspecified atom stereocenters. The van der Waals surface area contributed by atoms with Gasteiger partial charge in [0.1, 0.15) is 17.2 Å². The first-order chi connectivity index (χ1) is 28.4. The number of rotatable bonds is 20. The van der Waals surface area contributed by atoms with E-state index in [-0.39, 0.29) is 21.7 Å². The number of alkyl halides is 1. The van der Waals surface area contributed by atoms with Crippen molar-refractivity contribution in [1.29, 1.82) is 0 Å². The van der Waals surface area contributed by atoms with E-state index in [1.165, 1.54) is 61.2 Å². The molecule has 4 nitrogen and oxygen atoms in total. The van der Waals surface area contributed by atoms with Crippen LogP contribution in [-0.2, 0) is 46.7 Å². The van der Waals surface area contributed by atoms with Gasteiger partial charge < -0.3 is 18.9 Å². The predicted octanol–water partition coefficient (Wildman–Crippen LogP) is 15.9. The second kappa shape index (κ2) is 22.4. The topological polar surface area (TPSA) is 36.9 Å². The minimum absolute atomic E-state index is 0.000175. The molecule has 0 atom stereocenters. The Hall–Kier alpha value is -3.18. The highest BCUT2D eigenvalue weighted by Crippen LogP contribution is 2.42. The Labute approximate surface area is 382 Å². The SMILES string of the molecule is CCCO/C(C)=C(/C=C(\C)C(C)(C)C)Cc1cc(C(C)(C)C)cc(Cc2cc(C(C)(C)C)cc(Cc3cc(C(C)(C)C)cc(CC)c3OCCC)c2OCCC)c1OCCBr. The van der Waals surface area contributed by atoms with Gasteiger partial charge in [0.05, 0.1) is 32.2 Å². The molecule has 0 heterocycles. The van der Waals surface area contributed by atoms with Crippen LogP contribution < -0.4 is 14.2 Å². The van der Waals surface area contributed by atoms with Crippen molar-refractivity contribution < 1.29 is 18.9 Å². The summed E-state index contributed by atoms with van der Waals surface area (Å²) in [5, 5.41) is 0.738. The first-order valence-electron chi connectivity index (χ1n) is 23.3. The van der Waals surface area contributed by atoms with Gasteiger partial charge in [0.25, 0.3) is 0 Å². The van der Waals surface area contributed by atoms with Gasteiger partial charge >= 0.3 is 0 Å². The highest BCUT2D eigenvalue weighted by Gasteiger charge is 2.27. The average molecular weight is 902 g/mol. The molecule has 3 aromatic rings. The molecule has 0 bridgehead atoms. The molecule has 0 amide bonds. The van der Waals surface area contributed by atoms with E-state index in [2.05, 4.69) is 183 Å². The van der Waals surface area contributed by atoms with E-state index in [0.717, 1.165) is 60.4 Å². The smallest absolute Gasteiger partial charge is 0.126 e. The Kier molecular flexibility index (Phi) is 19.2. The van der Waals surface area contributed by atoms with E-state index in [1.807, 2.05) is 0 Å². The molecule has 61 heavy (non-hydrogen) atoms. The first kappa shape index (κ1) is 52.2. The molecule has 3 aromatic carbocycles. The second-order valence-electron chi connectivity index (χ2n) is 21.2. The van der Waals surface area contributed by atoms with Crippen molar-refractivity contribution in [3.8, 4) is 17.2 Å². The van der Waals surface area contributed by atoms with Crippen LogP contribution in [0.2, 0.25) is 0 Å². The maximum Gasteiger partial charge on any atom is 0.126 e. The predicted molar refractivity (Wildman–Crippen MR) is 267 cm³/mol. The van der Waals surface area contributed by atoms with Crippen LogP contribution in [0.4, 0.5) is 0 Å². The zero-order chi connectivity index (χ0) is 45.9. The lowest BCUT2D eigenvalue weighted by Crippen LogP contribution is -2.17. The summed E-state index contributed by atoms with van der Waals surface area (Å²) in [5.41, 5.74) is 13.6. The number of hydrogen-bond donors (Lipinski definition) is 0. The molecule has 0 aliphatic carbocycles. The Balaban J connectivity index is 2.48. The van der Waals surface area contributed by atoms with Crippen LogP contribution in [0, 0.1) is 5.41 Å². The van der Waals surface area contributed by atoms with E-state index in [4.69, 9.17) is 18.9 Å². The van der Waals surface area contributed by atoms with Crippen molar-refractivity contribution in [1.82, 2.24) is 0 Å². The fraction of sp³-hybridized carbons (Fsp3) is 0.607. The summed E-state index contributed by atoms with van der Waals surface area (Å²) in [5.74, 6) is 3.95. The number of halogens is 1. The highest BCUT2D eigenvalue weighted by molar-refractivity contribution is 9.09. The maximum absolute atomic E-state index is 6.94. The van der Waals surface area contributed by atoms with Gasteiger partial charge in [0.15, 0.2) is 0 Å². The summed E-state index contributed by atoms with van der Waals surface area (Å²) >= 11 is 3.69. The third-order valence-electron chi connectivity index (χ3n) is 11.6. The number of aryl methyl sites for hydroxylation is 1. The van der Waals surface area contributed by atoms with E-state index in [0.29, 0.717) is 39.3 Å². The summed E-state index contributed by atoms with van der Waals surface area (Å²) in [7, 11) is 0. The molecule has 0 aliphatic heterocycles. The summed E-state index contributed by atoms with van der Waals surface area (Å²) in [4.78, 5) is 0. The van der Waals surface area contributed by atoms with Gasteiger partial charge in [-0.2, -0.15) is 0 Å². The van der Waals surface area contributed by atoms with E-state index >= 15 is 0 Å². The van der Waals surface area contributed by atoms with E-state index in [9.17, 15) is 0 Å². The fourth-order valence-electron chi connectivity index (χ4n) is 7.30. The molecular weight excluding hydrogens is 817 g/mol. The molecule has 340 valence electrons. The van der Waals surface area contributed by atoms with Crippen molar-refractivity contribution >= 4 is 15.9 Å². The molecule has 5 heteroatoms. The lowest BCUT2D eigenvalue weighted by molar-refractivity contribution is 0.211. The van der Waals surface area contributed by atoms with Gasteiger partial charge in [0, 0.05) is 24.6 Å².